The lowest BCUT2D eigenvalue weighted by Crippen LogP contribution is -2.71. The topological polar surface area (TPSA) is 90.4 Å². The van der Waals surface area contributed by atoms with Crippen LogP contribution < -0.4 is 0 Å². The third kappa shape index (κ3) is 5.91. The van der Waals surface area contributed by atoms with E-state index in [0.717, 1.165) is 19.3 Å². The number of aliphatic hydroxyl groups excluding tert-OH is 1. The standard InChI is InChI=1S/C29H47F2N3O5/c1-19(2)28(24(37)32(6)15-20-8-12-29(30,31)13-9-20)17-33(18-28)23(36)21-14-22(35)27(10-7-11-27)16-34(21)25(38)39-26(3,4)5/h19-22,35H,7-18H2,1-6H3/t21-,22+/m0/s1. The third-order valence-electron chi connectivity index (χ3n) is 9.78. The molecule has 1 N–H and O–H groups in total. The van der Waals surface area contributed by atoms with Crippen LogP contribution in [0.4, 0.5) is 13.6 Å². The summed E-state index contributed by atoms with van der Waals surface area (Å²) >= 11 is 0. The predicted molar refractivity (Wildman–Crippen MR) is 142 cm³/mol. The number of hydrogen-bond acceptors (Lipinski definition) is 5. The molecular weight excluding hydrogens is 508 g/mol. The number of nitrogens with zero attached hydrogens (tertiary/aromatic N) is 3. The second-order valence-corrected chi connectivity index (χ2v) is 14.1. The lowest BCUT2D eigenvalue weighted by atomic mass is 9.61. The summed E-state index contributed by atoms with van der Waals surface area (Å²) in [6.07, 6.45) is 2.06. The molecule has 3 amide bonds. The Morgan fingerprint density at radius 2 is 1.64 bits per heavy atom. The van der Waals surface area contributed by atoms with Crippen LogP contribution in [0, 0.1) is 22.7 Å². The van der Waals surface area contributed by atoms with E-state index in [9.17, 15) is 28.3 Å². The Labute approximate surface area is 231 Å². The molecule has 2 aliphatic heterocycles. The molecule has 8 nitrogen and oxygen atoms in total. The van der Waals surface area contributed by atoms with Crippen molar-refractivity contribution in [1.29, 1.82) is 0 Å². The minimum absolute atomic E-state index is 0.0376. The van der Waals surface area contributed by atoms with E-state index in [-0.39, 0.29) is 68.0 Å². The van der Waals surface area contributed by atoms with Gasteiger partial charge in [-0.25, -0.2) is 13.6 Å². The number of amides is 3. The molecule has 10 heteroatoms. The number of piperidine rings is 1. The fraction of sp³-hybridized carbons (Fsp3) is 0.897. The van der Waals surface area contributed by atoms with Gasteiger partial charge in [0.2, 0.25) is 17.7 Å². The largest absolute Gasteiger partial charge is 0.444 e. The van der Waals surface area contributed by atoms with E-state index in [1.807, 2.05) is 13.8 Å². The lowest BCUT2D eigenvalue weighted by molar-refractivity contribution is -0.174. The summed E-state index contributed by atoms with van der Waals surface area (Å²) in [7, 11) is 1.73. The van der Waals surface area contributed by atoms with E-state index in [1.54, 1.807) is 37.6 Å². The number of rotatable bonds is 5. The molecule has 4 aliphatic rings. The second-order valence-electron chi connectivity index (χ2n) is 14.1. The average molecular weight is 556 g/mol. The fourth-order valence-electron chi connectivity index (χ4n) is 6.89. The number of carbonyl (C=O) groups is 3. The van der Waals surface area contributed by atoms with Gasteiger partial charge in [0.25, 0.3) is 0 Å². The minimum atomic E-state index is -2.61. The molecule has 4 fully saturated rings. The molecule has 0 aromatic heterocycles. The molecule has 2 saturated carbocycles. The Balaban J connectivity index is 1.44. The van der Waals surface area contributed by atoms with Gasteiger partial charge in [-0.1, -0.05) is 20.3 Å². The molecule has 2 aliphatic carbocycles. The molecule has 2 saturated heterocycles. The van der Waals surface area contributed by atoms with Crippen molar-refractivity contribution in [1.82, 2.24) is 14.7 Å². The Bertz CT molecular complexity index is 945. The highest BCUT2D eigenvalue weighted by Gasteiger charge is 2.58. The summed E-state index contributed by atoms with van der Waals surface area (Å²) in [5, 5.41) is 11.0. The van der Waals surface area contributed by atoms with Gasteiger partial charge in [-0.05, 0) is 58.3 Å². The zero-order valence-electron chi connectivity index (χ0n) is 24.5. The van der Waals surface area contributed by atoms with Crippen LogP contribution in [0.25, 0.3) is 0 Å². The second kappa shape index (κ2) is 10.5. The van der Waals surface area contributed by atoms with E-state index in [2.05, 4.69) is 0 Å². The quantitative estimate of drug-likeness (QED) is 0.547. The normalized spacial score (nSPS) is 28.1. The van der Waals surface area contributed by atoms with E-state index < -0.39 is 35.2 Å². The molecule has 0 aromatic rings. The number of halogens is 2. The highest BCUT2D eigenvalue weighted by Crippen LogP contribution is 2.50. The lowest BCUT2D eigenvalue weighted by Gasteiger charge is -2.57. The van der Waals surface area contributed by atoms with Crippen LogP contribution in [0.15, 0.2) is 0 Å². The summed E-state index contributed by atoms with van der Waals surface area (Å²) in [6.45, 7) is 10.5. The molecule has 0 unspecified atom stereocenters. The van der Waals surface area contributed by atoms with Gasteiger partial charge in [-0.3, -0.25) is 14.5 Å². The number of likely N-dealkylation sites (tertiary alicyclic amines) is 2. The summed E-state index contributed by atoms with van der Waals surface area (Å²) in [4.78, 5) is 45.4. The van der Waals surface area contributed by atoms with Crippen LogP contribution in [-0.2, 0) is 14.3 Å². The third-order valence-corrected chi connectivity index (χ3v) is 9.78. The van der Waals surface area contributed by atoms with E-state index in [1.165, 1.54) is 4.90 Å². The van der Waals surface area contributed by atoms with Crippen molar-refractivity contribution in [3.63, 3.8) is 0 Å². The summed E-state index contributed by atoms with van der Waals surface area (Å²) in [5.74, 6) is -2.93. The Morgan fingerprint density at radius 1 is 1.05 bits per heavy atom. The number of carbonyl (C=O) groups excluding carboxylic acids is 3. The van der Waals surface area contributed by atoms with Crippen molar-refractivity contribution in [2.45, 2.75) is 110 Å². The van der Waals surface area contributed by atoms with Crippen molar-refractivity contribution < 1.29 is 33.0 Å². The number of alkyl halides is 2. The van der Waals surface area contributed by atoms with Crippen molar-refractivity contribution in [3.05, 3.63) is 0 Å². The first kappa shape index (κ1) is 30.0. The van der Waals surface area contributed by atoms with Crippen LogP contribution in [0.5, 0.6) is 0 Å². The van der Waals surface area contributed by atoms with Gasteiger partial charge in [0.1, 0.15) is 11.6 Å². The summed E-state index contributed by atoms with van der Waals surface area (Å²) in [6, 6.07) is -0.844. The molecule has 4 rings (SSSR count). The molecule has 2 atom stereocenters. The zero-order valence-corrected chi connectivity index (χ0v) is 24.5. The van der Waals surface area contributed by atoms with E-state index >= 15 is 0 Å². The summed E-state index contributed by atoms with van der Waals surface area (Å²) in [5.41, 5.74) is -1.86. The number of aliphatic hydroxyl groups is 1. The zero-order chi connectivity index (χ0) is 29.0. The molecular formula is C29H47F2N3O5. The van der Waals surface area contributed by atoms with Gasteiger partial charge in [0, 0.05) is 57.9 Å². The molecule has 1 spiro atoms. The fourth-order valence-corrected chi connectivity index (χ4v) is 6.89. The Kier molecular flexibility index (Phi) is 8.04. The van der Waals surface area contributed by atoms with Crippen molar-refractivity contribution in [3.8, 4) is 0 Å². The van der Waals surface area contributed by atoms with Crippen LogP contribution in [0.2, 0.25) is 0 Å². The maximum Gasteiger partial charge on any atom is 0.410 e. The van der Waals surface area contributed by atoms with Gasteiger partial charge in [0.15, 0.2) is 0 Å². The van der Waals surface area contributed by atoms with Crippen LogP contribution in [0.3, 0.4) is 0 Å². The van der Waals surface area contributed by atoms with Crippen LogP contribution in [0.1, 0.15) is 86.0 Å². The molecule has 0 aromatic carbocycles. The van der Waals surface area contributed by atoms with Gasteiger partial charge in [0.05, 0.1) is 11.5 Å². The van der Waals surface area contributed by atoms with Gasteiger partial charge < -0.3 is 19.6 Å². The number of hydrogen-bond donors (Lipinski definition) is 1. The Hall–Kier alpha value is -1.97. The molecule has 222 valence electrons. The van der Waals surface area contributed by atoms with Gasteiger partial charge in [-0.15, -0.1) is 0 Å². The van der Waals surface area contributed by atoms with Crippen molar-refractivity contribution in [2.24, 2.45) is 22.7 Å². The maximum absolute atomic E-state index is 13.8. The van der Waals surface area contributed by atoms with E-state index in [0.29, 0.717) is 19.4 Å². The Morgan fingerprint density at radius 3 is 2.13 bits per heavy atom. The SMILES string of the molecule is CC(C)C1(C(=O)N(C)CC2CCC(F)(F)CC2)CN(C(=O)[C@@H]2C[C@@H](O)C3(CCC3)CN2C(=O)OC(C)(C)C)C1. The van der Waals surface area contributed by atoms with Crippen molar-refractivity contribution in [2.75, 3.05) is 33.2 Å². The highest BCUT2D eigenvalue weighted by molar-refractivity contribution is 5.91. The number of ether oxygens (including phenoxy) is 1. The summed E-state index contributed by atoms with van der Waals surface area (Å²) < 4.78 is 32.8. The maximum atomic E-state index is 13.8. The monoisotopic (exact) mass is 555 g/mol. The molecule has 2 heterocycles. The molecule has 39 heavy (non-hydrogen) atoms. The van der Waals surface area contributed by atoms with Crippen LogP contribution >= 0.6 is 0 Å². The minimum Gasteiger partial charge on any atom is -0.444 e. The van der Waals surface area contributed by atoms with Gasteiger partial charge in [-0.2, -0.15) is 0 Å². The molecule has 0 bridgehead atoms. The van der Waals surface area contributed by atoms with Crippen molar-refractivity contribution >= 4 is 17.9 Å². The molecule has 0 radical (unpaired) electrons. The highest BCUT2D eigenvalue weighted by atomic mass is 19.3. The van der Waals surface area contributed by atoms with Crippen LogP contribution in [-0.4, -0.2) is 94.6 Å². The van der Waals surface area contributed by atoms with E-state index in [4.69, 9.17) is 4.74 Å². The first-order valence-electron chi connectivity index (χ1n) is 14.6. The first-order valence-corrected chi connectivity index (χ1v) is 14.6. The van der Waals surface area contributed by atoms with Gasteiger partial charge >= 0.3 is 6.09 Å². The smallest absolute Gasteiger partial charge is 0.410 e. The average Bonchev–Trinajstić information content (AvgIpc) is 2.76. The predicted octanol–water partition coefficient (Wildman–Crippen LogP) is 4.30. The first-order chi connectivity index (χ1) is 18.0.